The number of amides is 1. The van der Waals surface area contributed by atoms with Crippen LogP contribution >= 0.6 is 11.8 Å². The van der Waals surface area contributed by atoms with Crippen molar-refractivity contribution < 1.29 is 4.79 Å². The van der Waals surface area contributed by atoms with Crippen molar-refractivity contribution in [2.75, 3.05) is 10.7 Å². The quantitative estimate of drug-likeness (QED) is 0.582. The van der Waals surface area contributed by atoms with E-state index in [1.54, 1.807) is 12.1 Å². The molecule has 0 saturated heterocycles. The number of aromatic nitrogens is 2. The smallest absolute Gasteiger partial charge is 0.259 e. The van der Waals surface area contributed by atoms with Crippen molar-refractivity contribution in [2.24, 2.45) is 0 Å². The normalized spacial score (nSPS) is 16.2. The van der Waals surface area contributed by atoms with Gasteiger partial charge in [0.25, 0.3) is 5.56 Å². The van der Waals surface area contributed by atoms with E-state index in [0.29, 0.717) is 16.1 Å². The van der Waals surface area contributed by atoms with Crippen LogP contribution in [-0.4, -0.2) is 27.7 Å². The van der Waals surface area contributed by atoms with Crippen molar-refractivity contribution in [3.8, 4) is 0 Å². The molecule has 4 rings (SSSR count). The summed E-state index contributed by atoms with van der Waals surface area (Å²) in [6, 6.07) is 15.3. The highest BCUT2D eigenvalue weighted by molar-refractivity contribution is 7.99. The SMILES string of the molecule is C[C@H]1Cc2ccccc2N1C(=O)CSc1nc2ccccc2c(=O)[nH]1. The molecule has 0 saturated carbocycles. The van der Waals surface area contributed by atoms with Crippen molar-refractivity contribution in [1.82, 2.24) is 9.97 Å². The number of carbonyl (C=O) groups is 1. The molecular formula is C19H17N3O2S. The number of para-hydroxylation sites is 2. The third kappa shape index (κ3) is 2.93. The van der Waals surface area contributed by atoms with Crippen LogP contribution in [0.2, 0.25) is 0 Å². The molecule has 6 heteroatoms. The van der Waals surface area contributed by atoms with E-state index in [1.165, 1.54) is 17.3 Å². The lowest BCUT2D eigenvalue weighted by Crippen LogP contribution is -2.37. The maximum absolute atomic E-state index is 12.7. The lowest BCUT2D eigenvalue weighted by atomic mass is 10.1. The molecule has 2 heterocycles. The van der Waals surface area contributed by atoms with E-state index in [-0.39, 0.29) is 23.3 Å². The number of rotatable bonds is 3. The molecule has 3 aromatic rings. The molecule has 1 N–H and O–H groups in total. The van der Waals surface area contributed by atoms with Gasteiger partial charge in [-0.2, -0.15) is 0 Å². The molecular weight excluding hydrogens is 334 g/mol. The van der Waals surface area contributed by atoms with Gasteiger partial charge in [-0.3, -0.25) is 9.59 Å². The zero-order valence-electron chi connectivity index (χ0n) is 13.7. The van der Waals surface area contributed by atoms with E-state index >= 15 is 0 Å². The summed E-state index contributed by atoms with van der Waals surface area (Å²) in [4.78, 5) is 33.9. The number of anilines is 1. The van der Waals surface area contributed by atoms with Gasteiger partial charge in [0.15, 0.2) is 5.16 Å². The first-order valence-electron chi connectivity index (χ1n) is 8.15. The number of hydrogen-bond donors (Lipinski definition) is 1. The second-order valence-corrected chi connectivity index (χ2v) is 7.09. The van der Waals surface area contributed by atoms with Gasteiger partial charge in [-0.25, -0.2) is 4.98 Å². The lowest BCUT2D eigenvalue weighted by molar-refractivity contribution is -0.116. The Morgan fingerprint density at radius 1 is 1.24 bits per heavy atom. The summed E-state index contributed by atoms with van der Waals surface area (Å²) in [6.45, 7) is 2.05. The molecule has 0 bridgehead atoms. The third-order valence-electron chi connectivity index (χ3n) is 4.40. The van der Waals surface area contributed by atoms with Crippen LogP contribution in [0.15, 0.2) is 58.5 Å². The van der Waals surface area contributed by atoms with Gasteiger partial charge in [0.2, 0.25) is 5.91 Å². The number of hydrogen-bond acceptors (Lipinski definition) is 4. The standard InChI is InChI=1S/C19H17N3O2S/c1-12-10-13-6-2-5-9-16(13)22(12)17(23)11-25-19-20-15-8-4-3-7-14(15)18(24)21-19/h2-9,12H,10-11H2,1H3,(H,20,21,24)/t12-/m0/s1. The molecule has 1 amide bonds. The maximum Gasteiger partial charge on any atom is 0.259 e. The second-order valence-electron chi connectivity index (χ2n) is 6.12. The van der Waals surface area contributed by atoms with Crippen LogP contribution in [0.25, 0.3) is 10.9 Å². The summed E-state index contributed by atoms with van der Waals surface area (Å²) in [5, 5.41) is 1.03. The van der Waals surface area contributed by atoms with Crippen molar-refractivity contribution in [2.45, 2.75) is 24.5 Å². The Bertz CT molecular complexity index is 1010. The fourth-order valence-corrected chi connectivity index (χ4v) is 4.01. The summed E-state index contributed by atoms with van der Waals surface area (Å²) >= 11 is 1.26. The van der Waals surface area contributed by atoms with Gasteiger partial charge in [-0.05, 0) is 37.1 Å². The highest BCUT2D eigenvalue weighted by atomic mass is 32.2. The van der Waals surface area contributed by atoms with Gasteiger partial charge in [0, 0.05) is 11.7 Å². The van der Waals surface area contributed by atoms with Crippen LogP contribution in [0.1, 0.15) is 12.5 Å². The third-order valence-corrected chi connectivity index (χ3v) is 5.26. The average molecular weight is 351 g/mol. The number of H-pyrrole nitrogens is 1. The summed E-state index contributed by atoms with van der Waals surface area (Å²) in [5.41, 5.74) is 2.65. The zero-order chi connectivity index (χ0) is 17.4. The Kier molecular flexibility index (Phi) is 4.05. The molecule has 0 aliphatic carbocycles. The molecule has 0 radical (unpaired) electrons. The predicted octanol–water partition coefficient (Wildman–Crippen LogP) is 2.99. The average Bonchev–Trinajstić information content (AvgIpc) is 2.95. The first-order valence-corrected chi connectivity index (χ1v) is 9.14. The number of fused-ring (bicyclic) bond motifs is 2. The molecule has 126 valence electrons. The van der Waals surface area contributed by atoms with Gasteiger partial charge in [-0.1, -0.05) is 42.1 Å². The Hall–Kier alpha value is -2.60. The Labute approximate surface area is 149 Å². The van der Waals surface area contributed by atoms with Crippen LogP contribution in [0.5, 0.6) is 0 Å². The zero-order valence-corrected chi connectivity index (χ0v) is 14.5. The van der Waals surface area contributed by atoms with Crippen LogP contribution in [0.3, 0.4) is 0 Å². The predicted molar refractivity (Wildman–Crippen MR) is 100 cm³/mol. The summed E-state index contributed by atoms with van der Waals surface area (Å²) in [5.74, 6) is 0.262. The van der Waals surface area contributed by atoms with Crippen LogP contribution in [-0.2, 0) is 11.2 Å². The van der Waals surface area contributed by atoms with Crippen molar-refractivity contribution in [3.05, 3.63) is 64.4 Å². The summed E-state index contributed by atoms with van der Waals surface area (Å²) in [7, 11) is 0. The lowest BCUT2D eigenvalue weighted by Gasteiger charge is -2.22. The molecule has 0 unspecified atom stereocenters. The first kappa shape index (κ1) is 15.9. The van der Waals surface area contributed by atoms with E-state index in [1.807, 2.05) is 35.2 Å². The number of thioether (sulfide) groups is 1. The van der Waals surface area contributed by atoms with Gasteiger partial charge < -0.3 is 9.88 Å². The number of nitrogens with zero attached hydrogens (tertiary/aromatic N) is 2. The molecule has 1 aliphatic rings. The van der Waals surface area contributed by atoms with Crippen LogP contribution in [0, 0.1) is 0 Å². The first-order chi connectivity index (χ1) is 12.1. The van der Waals surface area contributed by atoms with Crippen molar-refractivity contribution in [3.63, 3.8) is 0 Å². The van der Waals surface area contributed by atoms with E-state index in [4.69, 9.17) is 0 Å². The Morgan fingerprint density at radius 3 is 2.88 bits per heavy atom. The molecule has 1 atom stereocenters. The highest BCUT2D eigenvalue weighted by Gasteiger charge is 2.30. The minimum atomic E-state index is -0.180. The molecule has 1 aliphatic heterocycles. The largest absolute Gasteiger partial charge is 0.308 e. The van der Waals surface area contributed by atoms with Gasteiger partial charge >= 0.3 is 0 Å². The fourth-order valence-electron chi connectivity index (χ4n) is 3.28. The Morgan fingerprint density at radius 2 is 2.00 bits per heavy atom. The van der Waals surface area contributed by atoms with E-state index < -0.39 is 0 Å². The molecule has 1 aromatic heterocycles. The molecule has 0 spiro atoms. The van der Waals surface area contributed by atoms with E-state index in [2.05, 4.69) is 23.0 Å². The van der Waals surface area contributed by atoms with Gasteiger partial charge in [0.05, 0.1) is 16.7 Å². The minimum absolute atomic E-state index is 0.0262. The van der Waals surface area contributed by atoms with Crippen LogP contribution < -0.4 is 10.5 Å². The fraction of sp³-hybridized carbons (Fsp3) is 0.211. The minimum Gasteiger partial charge on any atom is -0.308 e. The molecule has 25 heavy (non-hydrogen) atoms. The number of aromatic amines is 1. The molecule has 0 fully saturated rings. The second kappa shape index (κ2) is 6.37. The van der Waals surface area contributed by atoms with Crippen molar-refractivity contribution >= 4 is 34.3 Å². The maximum atomic E-state index is 12.7. The number of benzene rings is 2. The number of nitrogens with one attached hydrogen (secondary N) is 1. The molecule has 5 nitrogen and oxygen atoms in total. The topological polar surface area (TPSA) is 66.1 Å². The van der Waals surface area contributed by atoms with Gasteiger partial charge in [-0.15, -0.1) is 0 Å². The molecule has 2 aromatic carbocycles. The van der Waals surface area contributed by atoms with Crippen LogP contribution in [0.4, 0.5) is 5.69 Å². The highest BCUT2D eigenvalue weighted by Crippen LogP contribution is 2.32. The Balaban J connectivity index is 1.54. The van der Waals surface area contributed by atoms with Crippen molar-refractivity contribution in [1.29, 1.82) is 0 Å². The summed E-state index contributed by atoms with van der Waals surface area (Å²) in [6.07, 6.45) is 0.873. The summed E-state index contributed by atoms with van der Waals surface area (Å²) < 4.78 is 0. The van der Waals surface area contributed by atoms with E-state index in [0.717, 1.165) is 12.1 Å². The monoisotopic (exact) mass is 351 g/mol. The van der Waals surface area contributed by atoms with Gasteiger partial charge in [0.1, 0.15) is 0 Å². The van der Waals surface area contributed by atoms with E-state index in [9.17, 15) is 9.59 Å². The number of carbonyl (C=O) groups excluding carboxylic acids is 1.